The van der Waals surface area contributed by atoms with E-state index in [0.717, 1.165) is 47.5 Å². The first-order chi connectivity index (χ1) is 17.5. The third-order valence-corrected chi connectivity index (χ3v) is 10.7. The molecule has 5 atom stereocenters. The fraction of sp³-hybridized carbons (Fsp3) is 0.483. The molecule has 3 fully saturated rings. The van der Waals surface area contributed by atoms with Crippen molar-refractivity contribution < 1.29 is 19.7 Å². The zero-order chi connectivity index (χ0) is 24.2. The first-order valence-corrected chi connectivity index (χ1v) is 14.1. The van der Waals surface area contributed by atoms with E-state index in [0.29, 0.717) is 24.2 Å². The summed E-state index contributed by atoms with van der Waals surface area (Å²) in [6.07, 6.45) is 4.98. The standard InChI is InChI=1S/C29H30N2O4S.ClH/c32-21-7-6-17-14-23-29(34)10-8-20(30-27(33)19-2-1-3-22-18(19)9-13-36-22)26-28(29,24(17)25(21)35-26)11-12-31(23)15-16-4-5-16;/h1-3,6-7,9,13,16,20,23,26,32,34H,4-5,8,10-12,14-15H2,(H,30,33);1H/t20-,23-,26+,28+,29-;/m1./s1. The zero-order valence-electron chi connectivity index (χ0n) is 20.5. The number of amides is 1. The van der Waals surface area contributed by atoms with E-state index < -0.39 is 17.1 Å². The number of piperidine rings is 1. The van der Waals surface area contributed by atoms with E-state index >= 15 is 0 Å². The minimum Gasteiger partial charge on any atom is -0.504 e. The second-order valence-electron chi connectivity index (χ2n) is 11.5. The molecule has 6 nitrogen and oxygen atoms in total. The van der Waals surface area contributed by atoms with Crippen LogP contribution in [0.25, 0.3) is 10.1 Å². The molecular formula is C29H31ClN2O4S. The summed E-state index contributed by atoms with van der Waals surface area (Å²) in [5, 5.41) is 29.7. The molecule has 2 saturated carbocycles. The van der Waals surface area contributed by atoms with Crippen molar-refractivity contribution in [3.8, 4) is 11.5 Å². The zero-order valence-corrected chi connectivity index (χ0v) is 22.1. The molecule has 3 N–H and O–H groups in total. The van der Waals surface area contributed by atoms with Gasteiger partial charge in [0.25, 0.3) is 5.91 Å². The van der Waals surface area contributed by atoms with Crippen molar-refractivity contribution >= 4 is 39.7 Å². The Hall–Kier alpha value is -2.32. The number of aromatic hydroxyl groups is 1. The maximum atomic E-state index is 13.6. The molecule has 3 heterocycles. The van der Waals surface area contributed by atoms with Crippen molar-refractivity contribution in [1.29, 1.82) is 0 Å². The maximum Gasteiger partial charge on any atom is 0.252 e. The van der Waals surface area contributed by atoms with Crippen LogP contribution in [0.15, 0.2) is 41.8 Å². The first-order valence-electron chi connectivity index (χ1n) is 13.2. The summed E-state index contributed by atoms with van der Waals surface area (Å²) in [7, 11) is 0. The first kappa shape index (κ1) is 23.8. The number of likely N-dealkylation sites (tertiary alicyclic amines) is 1. The monoisotopic (exact) mass is 538 g/mol. The van der Waals surface area contributed by atoms with Gasteiger partial charge in [-0.2, -0.15) is 0 Å². The van der Waals surface area contributed by atoms with Crippen molar-refractivity contribution in [2.24, 2.45) is 5.92 Å². The van der Waals surface area contributed by atoms with E-state index in [9.17, 15) is 15.0 Å². The Labute approximate surface area is 226 Å². The third kappa shape index (κ3) is 3.08. The van der Waals surface area contributed by atoms with E-state index in [-0.39, 0.29) is 36.1 Å². The van der Waals surface area contributed by atoms with Crippen molar-refractivity contribution in [3.63, 3.8) is 0 Å². The predicted octanol–water partition coefficient (Wildman–Crippen LogP) is 4.39. The fourth-order valence-electron chi connectivity index (χ4n) is 8.07. The third-order valence-electron chi connectivity index (χ3n) is 9.82. The van der Waals surface area contributed by atoms with Gasteiger partial charge in [0.1, 0.15) is 6.10 Å². The lowest BCUT2D eigenvalue weighted by Gasteiger charge is -2.64. The van der Waals surface area contributed by atoms with Crippen LogP contribution in [-0.4, -0.2) is 57.9 Å². The molecule has 1 amide bonds. The number of phenols is 1. The average molecular weight is 539 g/mol. The molecule has 8 heteroatoms. The lowest BCUT2D eigenvalue weighted by molar-refractivity contribution is -0.191. The number of carbonyl (C=O) groups excluding carboxylic acids is 1. The number of nitrogens with zero attached hydrogens (tertiary/aromatic N) is 1. The second-order valence-corrected chi connectivity index (χ2v) is 12.5. The molecule has 1 saturated heterocycles. The number of fused-ring (bicyclic) bond motifs is 1. The molecule has 1 spiro atoms. The Morgan fingerprint density at radius 2 is 2.03 bits per heavy atom. The number of rotatable bonds is 4. The summed E-state index contributed by atoms with van der Waals surface area (Å²) in [6.45, 7) is 1.96. The highest BCUT2D eigenvalue weighted by Gasteiger charge is 2.73. The summed E-state index contributed by atoms with van der Waals surface area (Å²) < 4.78 is 7.68. The molecule has 2 bridgehead atoms. The molecule has 3 aromatic rings. The smallest absolute Gasteiger partial charge is 0.252 e. The number of benzene rings is 2. The summed E-state index contributed by atoms with van der Waals surface area (Å²) in [5.74, 6) is 1.30. The van der Waals surface area contributed by atoms with Gasteiger partial charge in [0.15, 0.2) is 11.5 Å². The Kier molecular flexibility index (Phi) is 5.20. The van der Waals surface area contributed by atoms with Crippen molar-refractivity contribution in [3.05, 3.63) is 58.5 Å². The van der Waals surface area contributed by atoms with Gasteiger partial charge in [0.05, 0.1) is 17.1 Å². The van der Waals surface area contributed by atoms with E-state index in [2.05, 4.69) is 10.2 Å². The van der Waals surface area contributed by atoms with Gasteiger partial charge in [-0.05, 0) is 86.2 Å². The van der Waals surface area contributed by atoms with Crippen LogP contribution in [0.3, 0.4) is 0 Å². The normalized spacial score (nSPS) is 33.4. The Morgan fingerprint density at radius 3 is 2.86 bits per heavy atom. The van der Waals surface area contributed by atoms with Crippen molar-refractivity contribution in [1.82, 2.24) is 10.2 Å². The lowest BCUT2D eigenvalue weighted by atomic mass is 9.48. The van der Waals surface area contributed by atoms with Crippen LogP contribution in [0.2, 0.25) is 0 Å². The molecule has 2 aromatic carbocycles. The molecule has 3 aliphatic carbocycles. The number of hydrogen-bond acceptors (Lipinski definition) is 6. The van der Waals surface area contributed by atoms with Gasteiger partial charge < -0.3 is 20.3 Å². The van der Waals surface area contributed by atoms with Crippen molar-refractivity contribution in [2.75, 3.05) is 13.1 Å². The van der Waals surface area contributed by atoms with Gasteiger partial charge in [-0.15, -0.1) is 23.7 Å². The quantitative estimate of drug-likeness (QED) is 0.459. The van der Waals surface area contributed by atoms with E-state index in [4.69, 9.17) is 4.74 Å². The molecule has 2 aliphatic heterocycles. The molecule has 194 valence electrons. The number of hydrogen-bond donors (Lipinski definition) is 3. The van der Waals surface area contributed by atoms with Gasteiger partial charge >= 0.3 is 0 Å². The Balaban J connectivity index is 0.00000231. The van der Waals surface area contributed by atoms with Crippen molar-refractivity contribution in [2.45, 2.75) is 67.7 Å². The molecule has 1 aromatic heterocycles. The number of carbonyl (C=O) groups is 1. The van der Waals surface area contributed by atoms with Crippen LogP contribution in [0, 0.1) is 5.92 Å². The average Bonchev–Trinajstić information content (AvgIpc) is 3.41. The van der Waals surface area contributed by atoms with Gasteiger partial charge in [0.2, 0.25) is 0 Å². The summed E-state index contributed by atoms with van der Waals surface area (Å²) in [5.41, 5.74) is 1.29. The highest BCUT2D eigenvalue weighted by Crippen LogP contribution is 2.65. The summed E-state index contributed by atoms with van der Waals surface area (Å²) in [6, 6.07) is 11.4. The number of phenolic OH excluding ortho intramolecular Hbond substituents is 1. The fourth-order valence-corrected chi connectivity index (χ4v) is 8.88. The van der Waals surface area contributed by atoms with Crippen LogP contribution in [0.5, 0.6) is 11.5 Å². The van der Waals surface area contributed by atoms with Gasteiger partial charge in [0, 0.05) is 33.8 Å². The minimum absolute atomic E-state index is 0. The molecular weight excluding hydrogens is 508 g/mol. The van der Waals surface area contributed by atoms with Crippen LogP contribution in [0.4, 0.5) is 0 Å². The maximum absolute atomic E-state index is 13.6. The molecule has 0 radical (unpaired) electrons. The highest BCUT2D eigenvalue weighted by atomic mass is 35.5. The molecule has 37 heavy (non-hydrogen) atoms. The number of aliphatic hydroxyl groups is 1. The summed E-state index contributed by atoms with van der Waals surface area (Å²) in [4.78, 5) is 16.1. The SMILES string of the molecule is Cl.O=C(N[C@@H]1CC[C@@]2(O)[C@H]3Cc4ccc(O)c5c4[C@@]2(CCN3CC2CC2)[C@H]1O5)c1cccc2sccc12. The van der Waals surface area contributed by atoms with Crippen LogP contribution < -0.4 is 10.1 Å². The van der Waals surface area contributed by atoms with E-state index in [1.54, 1.807) is 17.4 Å². The summed E-state index contributed by atoms with van der Waals surface area (Å²) >= 11 is 1.63. The Bertz CT molecular complexity index is 1420. The Morgan fingerprint density at radius 1 is 1.16 bits per heavy atom. The molecule has 5 aliphatic rings. The van der Waals surface area contributed by atoms with Gasteiger partial charge in [-0.1, -0.05) is 12.1 Å². The number of nitrogens with one attached hydrogen (secondary N) is 1. The largest absolute Gasteiger partial charge is 0.504 e. The topological polar surface area (TPSA) is 82.0 Å². The predicted molar refractivity (Wildman–Crippen MR) is 145 cm³/mol. The number of halogens is 1. The molecule has 0 unspecified atom stereocenters. The molecule has 8 rings (SSSR count). The second kappa shape index (κ2) is 8.09. The van der Waals surface area contributed by atoms with E-state index in [1.165, 1.54) is 18.4 Å². The van der Waals surface area contributed by atoms with Crippen LogP contribution in [-0.2, 0) is 11.8 Å². The van der Waals surface area contributed by atoms with Crippen LogP contribution >= 0.6 is 23.7 Å². The number of ether oxygens (including phenoxy) is 1. The van der Waals surface area contributed by atoms with E-state index in [1.807, 2.05) is 35.7 Å². The minimum atomic E-state index is -0.939. The lowest BCUT2D eigenvalue weighted by Crippen LogP contribution is -2.78. The number of thiophene rings is 1. The van der Waals surface area contributed by atoms with Crippen LogP contribution in [0.1, 0.15) is 53.6 Å². The highest BCUT2D eigenvalue weighted by molar-refractivity contribution is 7.17. The van der Waals surface area contributed by atoms with Gasteiger partial charge in [-0.25, -0.2) is 0 Å². The van der Waals surface area contributed by atoms with Gasteiger partial charge in [-0.3, -0.25) is 9.69 Å².